The molecule has 114 valence electrons. The van der Waals surface area contributed by atoms with Gasteiger partial charge in [0.05, 0.1) is 18.4 Å². The van der Waals surface area contributed by atoms with Crippen LogP contribution < -0.4 is 5.32 Å². The van der Waals surface area contributed by atoms with Crippen LogP contribution in [-0.2, 0) is 10.0 Å². The van der Waals surface area contributed by atoms with Gasteiger partial charge in [-0.15, -0.1) is 11.3 Å². The van der Waals surface area contributed by atoms with Gasteiger partial charge in [-0.05, 0) is 25.3 Å². The number of hydrogen-bond acceptors (Lipinski definition) is 6. The fraction of sp³-hybridized carbons (Fsp3) is 0.385. The normalized spacial score (nSPS) is 13.3. The lowest BCUT2D eigenvalue weighted by Crippen LogP contribution is -2.29. The second-order valence-corrected chi connectivity index (χ2v) is 7.46. The van der Waals surface area contributed by atoms with E-state index in [1.165, 1.54) is 28.0 Å². The molecule has 2 heterocycles. The highest BCUT2D eigenvalue weighted by atomic mass is 32.2. The lowest BCUT2D eigenvalue weighted by Gasteiger charge is -2.23. The number of aromatic nitrogens is 2. The zero-order valence-electron chi connectivity index (χ0n) is 12.1. The molecule has 0 amide bonds. The molecule has 0 spiro atoms. The van der Waals surface area contributed by atoms with Gasteiger partial charge in [0.15, 0.2) is 0 Å². The first-order valence-corrected chi connectivity index (χ1v) is 8.86. The number of thiophene rings is 1. The highest BCUT2D eigenvalue weighted by Crippen LogP contribution is 2.28. The number of rotatable bonds is 6. The molecule has 0 bridgehead atoms. The van der Waals surface area contributed by atoms with E-state index in [0.29, 0.717) is 12.5 Å². The van der Waals surface area contributed by atoms with Crippen molar-refractivity contribution < 1.29 is 8.42 Å². The molecule has 0 saturated carbocycles. The first-order chi connectivity index (χ1) is 9.96. The summed E-state index contributed by atoms with van der Waals surface area (Å²) in [5.41, 5.74) is 0. The van der Waals surface area contributed by atoms with Gasteiger partial charge < -0.3 is 5.32 Å². The Bertz CT molecular complexity index is 669. The van der Waals surface area contributed by atoms with Gasteiger partial charge in [-0.2, -0.15) is 4.31 Å². The molecule has 0 radical (unpaired) electrons. The van der Waals surface area contributed by atoms with Gasteiger partial charge in [-0.25, -0.2) is 18.4 Å². The molecule has 0 aliphatic carbocycles. The average Bonchev–Trinajstić information content (AvgIpc) is 3.01. The number of sulfonamides is 1. The van der Waals surface area contributed by atoms with Gasteiger partial charge in [-0.1, -0.05) is 6.07 Å². The lowest BCUT2D eigenvalue weighted by atomic mass is 10.3. The minimum Gasteiger partial charge on any atom is -0.355 e. The van der Waals surface area contributed by atoms with Crippen molar-refractivity contribution in [1.82, 2.24) is 14.3 Å². The largest absolute Gasteiger partial charge is 0.355 e. The minimum atomic E-state index is -3.61. The fourth-order valence-electron chi connectivity index (χ4n) is 1.78. The SMILES string of the molecule is CCNc1ncc(S(=O)(=O)N(C)C(C)c2cccs2)cn1. The number of nitrogens with one attached hydrogen (secondary N) is 1. The van der Waals surface area contributed by atoms with Gasteiger partial charge in [-0.3, -0.25) is 0 Å². The molecule has 1 atom stereocenters. The summed E-state index contributed by atoms with van der Waals surface area (Å²) in [7, 11) is -2.04. The molecule has 21 heavy (non-hydrogen) atoms. The van der Waals surface area contributed by atoms with Crippen LogP contribution in [0.3, 0.4) is 0 Å². The Morgan fingerprint density at radius 2 is 2.05 bits per heavy atom. The van der Waals surface area contributed by atoms with Gasteiger partial charge >= 0.3 is 0 Å². The monoisotopic (exact) mass is 326 g/mol. The van der Waals surface area contributed by atoms with Gasteiger partial charge in [0.2, 0.25) is 16.0 Å². The summed E-state index contributed by atoms with van der Waals surface area (Å²) in [4.78, 5) is 9.11. The molecule has 0 aliphatic rings. The molecule has 1 N–H and O–H groups in total. The maximum atomic E-state index is 12.6. The zero-order valence-corrected chi connectivity index (χ0v) is 13.8. The summed E-state index contributed by atoms with van der Waals surface area (Å²) in [6, 6.07) is 3.60. The second kappa shape index (κ2) is 6.50. The van der Waals surface area contributed by atoms with Gasteiger partial charge in [0, 0.05) is 18.5 Å². The Morgan fingerprint density at radius 3 is 2.57 bits per heavy atom. The Hall–Kier alpha value is -1.51. The lowest BCUT2D eigenvalue weighted by molar-refractivity contribution is 0.402. The molecule has 0 aliphatic heterocycles. The van der Waals surface area contributed by atoms with Crippen LogP contribution in [0.2, 0.25) is 0 Å². The molecular formula is C13H18N4O2S2. The molecule has 8 heteroatoms. The van der Waals surface area contributed by atoms with Crippen molar-refractivity contribution in [3.05, 3.63) is 34.8 Å². The van der Waals surface area contributed by atoms with E-state index in [-0.39, 0.29) is 10.9 Å². The molecule has 2 aromatic heterocycles. The van der Waals surface area contributed by atoms with Crippen LogP contribution >= 0.6 is 11.3 Å². The van der Waals surface area contributed by atoms with Gasteiger partial charge in [0.25, 0.3) is 0 Å². The third kappa shape index (κ3) is 3.39. The van der Waals surface area contributed by atoms with Crippen molar-refractivity contribution in [2.45, 2.75) is 24.8 Å². The summed E-state index contributed by atoms with van der Waals surface area (Å²) in [6.07, 6.45) is 2.66. The first-order valence-electron chi connectivity index (χ1n) is 6.54. The molecule has 0 saturated heterocycles. The van der Waals surface area contributed by atoms with Crippen LogP contribution in [0.4, 0.5) is 5.95 Å². The van der Waals surface area contributed by atoms with E-state index in [4.69, 9.17) is 0 Å². The van der Waals surface area contributed by atoms with E-state index in [1.807, 2.05) is 31.4 Å². The summed E-state index contributed by atoms with van der Waals surface area (Å²) >= 11 is 1.53. The van der Waals surface area contributed by atoms with Crippen LogP contribution in [0, 0.1) is 0 Å². The second-order valence-electron chi connectivity index (χ2n) is 4.49. The molecule has 0 aromatic carbocycles. The van der Waals surface area contributed by atoms with E-state index < -0.39 is 10.0 Å². The highest BCUT2D eigenvalue weighted by molar-refractivity contribution is 7.89. The Balaban J connectivity index is 2.24. The summed E-state index contributed by atoms with van der Waals surface area (Å²) in [6.45, 7) is 4.46. The van der Waals surface area contributed by atoms with Crippen LogP contribution in [0.25, 0.3) is 0 Å². The molecule has 0 fully saturated rings. The third-order valence-corrected chi connectivity index (χ3v) is 6.06. The summed E-state index contributed by atoms with van der Waals surface area (Å²) in [5.74, 6) is 0.422. The van der Waals surface area contributed by atoms with E-state index in [1.54, 1.807) is 7.05 Å². The fourth-order valence-corrected chi connectivity index (χ4v) is 3.91. The van der Waals surface area contributed by atoms with Crippen LogP contribution in [0.1, 0.15) is 24.8 Å². The van der Waals surface area contributed by atoms with Crippen molar-refractivity contribution in [3.63, 3.8) is 0 Å². The van der Waals surface area contributed by atoms with Crippen LogP contribution in [-0.4, -0.2) is 36.3 Å². The smallest absolute Gasteiger partial charge is 0.246 e. The summed E-state index contributed by atoms with van der Waals surface area (Å²) in [5, 5.41) is 4.86. The predicted molar refractivity (Wildman–Crippen MR) is 83.9 cm³/mol. The Kier molecular flexibility index (Phi) is 4.92. The standard InChI is InChI=1S/C13H18N4O2S2/c1-4-14-13-15-8-11(9-16-13)21(18,19)17(3)10(2)12-6-5-7-20-12/h5-10H,4H2,1-3H3,(H,14,15,16). The van der Waals surface area contributed by atoms with E-state index in [0.717, 1.165) is 4.88 Å². The van der Waals surface area contributed by atoms with Crippen LogP contribution in [0.5, 0.6) is 0 Å². The quantitative estimate of drug-likeness (QED) is 0.882. The number of anilines is 1. The first kappa shape index (κ1) is 15.9. The van der Waals surface area contributed by atoms with Crippen LogP contribution in [0.15, 0.2) is 34.8 Å². The van der Waals surface area contributed by atoms with E-state index in [2.05, 4.69) is 15.3 Å². The van der Waals surface area contributed by atoms with Crippen molar-refractivity contribution in [3.8, 4) is 0 Å². The van der Waals surface area contributed by atoms with Crippen molar-refractivity contribution in [2.24, 2.45) is 0 Å². The Morgan fingerprint density at radius 1 is 1.38 bits per heavy atom. The molecule has 6 nitrogen and oxygen atoms in total. The molecular weight excluding hydrogens is 308 g/mol. The third-order valence-electron chi connectivity index (χ3n) is 3.14. The zero-order chi connectivity index (χ0) is 15.5. The number of nitrogens with zero attached hydrogens (tertiary/aromatic N) is 3. The number of hydrogen-bond donors (Lipinski definition) is 1. The highest BCUT2D eigenvalue weighted by Gasteiger charge is 2.27. The predicted octanol–water partition coefficient (Wildman–Crippen LogP) is 2.35. The topological polar surface area (TPSA) is 75.2 Å². The van der Waals surface area contributed by atoms with E-state index >= 15 is 0 Å². The summed E-state index contributed by atoms with van der Waals surface area (Å²) < 4.78 is 26.5. The van der Waals surface area contributed by atoms with Crippen molar-refractivity contribution in [1.29, 1.82) is 0 Å². The van der Waals surface area contributed by atoms with E-state index in [9.17, 15) is 8.42 Å². The maximum absolute atomic E-state index is 12.6. The van der Waals surface area contributed by atoms with Crippen molar-refractivity contribution >= 4 is 27.3 Å². The van der Waals surface area contributed by atoms with Gasteiger partial charge in [0.1, 0.15) is 4.90 Å². The molecule has 2 aromatic rings. The molecule has 2 rings (SSSR count). The molecule has 1 unspecified atom stereocenters. The Labute approximate surface area is 128 Å². The van der Waals surface area contributed by atoms with Crippen molar-refractivity contribution in [2.75, 3.05) is 18.9 Å². The average molecular weight is 326 g/mol. The minimum absolute atomic E-state index is 0.0926. The maximum Gasteiger partial charge on any atom is 0.246 e.